The molecule has 1 aliphatic heterocycles. The Morgan fingerprint density at radius 2 is 2.00 bits per heavy atom. The van der Waals surface area contributed by atoms with Gasteiger partial charge in [-0.3, -0.25) is 4.79 Å². The van der Waals surface area contributed by atoms with Crippen LogP contribution in [0.1, 0.15) is 38.7 Å². The Hall–Kier alpha value is -1.06. The van der Waals surface area contributed by atoms with Crippen molar-refractivity contribution < 1.29 is 4.79 Å². The molecule has 1 saturated heterocycles. The predicted octanol–water partition coefficient (Wildman–Crippen LogP) is 2.97. The first-order valence-corrected chi connectivity index (χ1v) is 8.11. The van der Waals surface area contributed by atoms with Gasteiger partial charge in [0.2, 0.25) is 5.91 Å². The quantitative estimate of drug-likeness (QED) is 0.907. The smallest absolute Gasteiger partial charge is 0.230 e. The molecule has 1 saturated carbocycles. The maximum atomic E-state index is 12.8. The minimum Gasteiger partial charge on any atom is -0.349 e. The number of rotatable bonds is 5. The average molecular weight is 307 g/mol. The van der Waals surface area contributed by atoms with E-state index in [1.54, 1.807) is 0 Å². The topological polar surface area (TPSA) is 32.3 Å². The van der Waals surface area contributed by atoms with Gasteiger partial charge in [-0.1, -0.05) is 29.8 Å². The van der Waals surface area contributed by atoms with Crippen LogP contribution in [0.15, 0.2) is 24.3 Å². The second-order valence-corrected chi connectivity index (χ2v) is 7.38. The van der Waals surface area contributed by atoms with Gasteiger partial charge in [0.1, 0.15) is 0 Å². The van der Waals surface area contributed by atoms with E-state index in [0.29, 0.717) is 5.02 Å². The van der Waals surface area contributed by atoms with Gasteiger partial charge in [-0.25, -0.2) is 0 Å². The second kappa shape index (κ2) is 5.29. The summed E-state index contributed by atoms with van der Waals surface area (Å²) in [6.45, 7) is 7.24. The lowest BCUT2D eigenvalue weighted by molar-refractivity contribution is -0.126. The first-order valence-electron chi connectivity index (χ1n) is 7.73. The van der Waals surface area contributed by atoms with Crippen molar-refractivity contribution in [3.63, 3.8) is 0 Å². The minimum absolute atomic E-state index is 0.00995. The van der Waals surface area contributed by atoms with Gasteiger partial charge >= 0.3 is 0 Å². The fraction of sp³-hybridized carbons (Fsp3) is 0.588. The monoisotopic (exact) mass is 306 g/mol. The van der Waals surface area contributed by atoms with Crippen molar-refractivity contribution in [2.24, 2.45) is 0 Å². The van der Waals surface area contributed by atoms with Gasteiger partial charge in [-0.05, 0) is 57.8 Å². The molecule has 1 aliphatic carbocycles. The van der Waals surface area contributed by atoms with Crippen molar-refractivity contribution in [1.29, 1.82) is 0 Å². The van der Waals surface area contributed by atoms with Crippen molar-refractivity contribution in [2.45, 2.75) is 44.1 Å². The highest BCUT2D eigenvalue weighted by Gasteiger charge is 2.48. The van der Waals surface area contributed by atoms with Crippen LogP contribution in [0, 0.1) is 0 Å². The molecule has 1 N–H and O–H groups in total. The van der Waals surface area contributed by atoms with Crippen LogP contribution in [0.2, 0.25) is 5.02 Å². The fourth-order valence-corrected chi connectivity index (χ4v) is 3.30. The zero-order chi connectivity index (χ0) is 15.1. The van der Waals surface area contributed by atoms with Crippen molar-refractivity contribution in [2.75, 3.05) is 19.6 Å². The van der Waals surface area contributed by atoms with Crippen LogP contribution in [-0.2, 0) is 10.2 Å². The Balaban J connectivity index is 1.71. The van der Waals surface area contributed by atoms with Gasteiger partial charge in [0.15, 0.2) is 0 Å². The van der Waals surface area contributed by atoms with Gasteiger partial charge in [0.05, 0.1) is 11.0 Å². The second-order valence-electron chi connectivity index (χ2n) is 6.97. The number of hydrogen-bond acceptors (Lipinski definition) is 2. The maximum absolute atomic E-state index is 12.8. The van der Waals surface area contributed by atoms with E-state index in [4.69, 9.17) is 11.6 Å². The summed E-state index contributed by atoms with van der Waals surface area (Å²) in [5.74, 6) is 0.0774. The van der Waals surface area contributed by atoms with Gasteiger partial charge in [0.25, 0.3) is 0 Å². The lowest BCUT2D eigenvalue weighted by atomic mass is 9.83. The van der Waals surface area contributed by atoms with Crippen LogP contribution in [0.4, 0.5) is 0 Å². The highest BCUT2D eigenvalue weighted by Crippen LogP contribution is 2.39. The lowest BCUT2D eigenvalue weighted by Crippen LogP contribution is -2.53. The Bertz CT molecular complexity index is 547. The summed E-state index contributed by atoms with van der Waals surface area (Å²) in [4.78, 5) is 15.2. The first-order chi connectivity index (χ1) is 9.93. The summed E-state index contributed by atoms with van der Waals surface area (Å²) in [6.07, 6.45) is 3.47. The molecule has 3 rings (SSSR count). The molecular formula is C17H23ClN2O. The molecule has 1 aromatic carbocycles. The van der Waals surface area contributed by atoms with E-state index in [2.05, 4.69) is 10.2 Å². The van der Waals surface area contributed by atoms with Crippen molar-refractivity contribution >= 4 is 17.5 Å². The standard InChI is InChI=1S/C17H23ClN2O/c1-16(2,13-6-3-4-7-14(13)18)15(21)19-17(8-9-17)12-20-10-5-11-20/h3-4,6-7H,5,8-12H2,1-2H3,(H,19,21). The Kier molecular flexibility index (Phi) is 3.74. The number of likely N-dealkylation sites (tertiary alicyclic amines) is 1. The molecule has 0 unspecified atom stereocenters. The molecular weight excluding hydrogens is 284 g/mol. The van der Waals surface area contributed by atoms with Crippen molar-refractivity contribution in [3.8, 4) is 0 Å². The zero-order valence-electron chi connectivity index (χ0n) is 12.8. The van der Waals surface area contributed by atoms with Crippen LogP contribution in [0.25, 0.3) is 0 Å². The Morgan fingerprint density at radius 3 is 2.52 bits per heavy atom. The summed E-state index contributed by atoms with van der Waals surface area (Å²) in [5, 5.41) is 3.95. The molecule has 1 aromatic rings. The average Bonchev–Trinajstić information content (AvgIpc) is 3.14. The van der Waals surface area contributed by atoms with E-state index >= 15 is 0 Å². The van der Waals surface area contributed by atoms with E-state index in [9.17, 15) is 4.79 Å². The van der Waals surface area contributed by atoms with Crippen molar-refractivity contribution in [3.05, 3.63) is 34.9 Å². The molecule has 0 radical (unpaired) electrons. The molecule has 1 amide bonds. The SMILES string of the molecule is CC(C)(C(=O)NC1(CN2CCC2)CC1)c1ccccc1Cl. The fourth-order valence-electron chi connectivity index (χ4n) is 2.93. The van der Waals surface area contributed by atoms with Crippen LogP contribution >= 0.6 is 11.6 Å². The number of carbonyl (C=O) groups excluding carboxylic acids is 1. The molecule has 2 fully saturated rings. The number of nitrogens with zero attached hydrogens (tertiary/aromatic N) is 1. The highest BCUT2D eigenvalue weighted by atomic mass is 35.5. The minimum atomic E-state index is -0.608. The molecule has 4 heteroatoms. The summed E-state index contributed by atoms with van der Waals surface area (Å²) < 4.78 is 0. The van der Waals surface area contributed by atoms with Gasteiger partial charge in [-0.2, -0.15) is 0 Å². The number of amides is 1. The molecule has 0 atom stereocenters. The van der Waals surface area contributed by atoms with Gasteiger partial charge in [0, 0.05) is 11.6 Å². The van der Waals surface area contributed by atoms with Crippen molar-refractivity contribution in [1.82, 2.24) is 10.2 Å². The van der Waals surface area contributed by atoms with Crippen LogP contribution in [-0.4, -0.2) is 36.0 Å². The number of hydrogen-bond donors (Lipinski definition) is 1. The number of nitrogens with one attached hydrogen (secondary N) is 1. The highest BCUT2D eigenvalue weighted by molar-refractivity contribution is 6.31. The zero-order valence-corrected chi connectivity index (χ0v) is 13.5. The third kappa shape index (κ3) is 2.95. The lowest BCUT2D eigenvalue weighted by Gasteiger charge is -2.36. The summed E-state index contributed by atoms with van der Waals surface area (Å²) >= 11 is 6.27. The largest absolute Gasteiger partial charge is 0.349 e. The summed E-state index contributed by atoms with van der Waals surface area (Å²) in [6, 6.07) is 7.62. The van der Waals surface area contributed by atoms with Crippen LogP contribution in [0.3, 0.4) is 0 Å². The molecule has 0 bridgehead atoms. The van der Waals surface area contributed by atoms with E-state index in [0.717, 1.165) is 24.9 Å². The normalized spacial score (nSPS) is 20.7. The van der Waals surface area contributed by atoms with Gasteiger partial charge < -0.3 is 10.2 Å². The van der Waals surface area contributed by atoms with E-state index in [-0.39, 0.29) is 11.4 Å². The van der Waals surface area contributed by atoms with Crippen LogP contribution < -0.4 is 5.32 Å². The third-order valence-corrected chi connectivity index (χ3v) is 5.15. The molecule has 114 valence electrons. The number of carbonyl (C=O) groups is 1. The Morgan fingerprint density at radius 1 is 1.33 bits per heavy atom. The molecule has 2 aliphatic rings. The third-order valence-electron chi connectivity index (χ3n) is 4.82. The number of benzene rings is 1. The molecule has 3 nitrogen and oxygen atoms in total. The van der Waals surface area contributed by atoms with Crippen LogP contribution in [0.5, 0.6) is 0 Å². The summed E-state index contributed by atoms with van der Waals surface area (Å²) in [7, 11) is 0. The van der Waals surface area contributed by atoms with Gasteiger partial charge in [-0.15, -0.1) is 0 Å². The first kappa shape index (κ1) is 14.9. The predicted molar refractivity (Wildman–Crippen MR) is 85.6 cm³/mol. The summed E-state index contributed by atoms with van der Waals surface area (Å²) in [5.41, 5.74) is 0.294. The molecule has 0 spiro atoms. The molecule has 1 heterocycles. The molecule has 21 heavy (non-hydrogen) atoms. The van der Waals surface area contributed by atoms with E-state index < -0.39 is 5.41 Å². The Labute approximate surface area is 131 Å². The molecule has 0 aromatic heterocycles. The van der Waals surface area contributed by atoms with E-state index in [1.165, 1.54) is 19.5 Å². The maximum Gasteiger partial charge on any atom is 0.230 e. The van der Waals surface area contributed by atoms with E-state index in [1.807, 2.05) is 38.1 Å². The number of halogens is 1.